The van der Waals surface area contributed by atoms with E-state index >= 15 is 0 Å². The van der Waals surface area contributed by atoms with E-state index < -0.39 is 0 Å². The zero-order valence-corrected chi connectivity index (χ0v) is 13.8. The van der Waals surface area contributed by atoms with E-state index in [1.54, 1.807) is 32.4 Å². The molecule has 0 saturated carbocycles. The highest BCUT2D eigenvalue weighted by molar-refractivity contribution is 5.93. The average Bonchev–Trinajstić information content (AvgIpc) is 2.55. The maximum absolute atomic E-state index is 12.1. The van der Waals surface area contributed by atoms with Crippen LogP contribution in [0.2, 0.25) is 0 Å². The molecule has 1 N–H and O–H groups in total. The average molecular weight is 315 g/mol. The fourth-order valence-corrected chi connectivity index (χ4v) is 2.05. The smallest absolute Gasteiger partial charge is 0.262 e. The van der Waals surface area contributed by atoms with Gasteiger partial charge in [0, 0.05) is 6.07 Å². The Morgan fingerprint density at radius 3 is 2.35 bits per heavy atom. The molecule has 122 valence electrons. The molecule has 23 heavy (non-hydrogen) atoms. The summed E-state index contributed by atoms with van der Waals surface area (Å²) in [6, 6.07) is 10.9. The van der Waals surface area contributed by atoms with Crippen molar-refractivity contribution in [2.45, 2.75) is 13.8 Å². The molecule has 0 aliphatic rings. The summed E-state index contributed by atoms with van der Waals surface area (Å²) >= 11 is 0. The van der Waals surface area contributed by atoms with Crippen LogP contribution in [-0.4, -0.2) is 26.7 Å². The topological polar surface area (TPSA) is 56.8 Å². The van der Waals surface area contributed by atoms with Crippen LogP contribution in [0.4, 0.5) is 5.69 Å². The van der Waals surface area contributed by atoms with Crippen LogP contribution in [0.3, 0.4) is 0 Å². The molecule has 1 amide bonds. The van der Waals surface area contributed by atoms with Gasteiger partial charge in [-0.1, -0.05) is 6.07 Å². The molecular weight excluding hydrogens is 294 g/mol. The number of nitrogens with one attached hydrogen (secondary N) is 1. The summed E-state index contributed by atoms with van der Waals surface area (Å²) in [6.07, 6.45) is 0. The summed E-state index contributed by atoms with van der Waals surface area (Å²) < 4.78 is 15.9. The second-order valence-corrected chi connectivity index (χ2v) is 5.15. The third kappa shape index (κ3) is 4.39. The number of carbonyl (C=O) groups excluding carboxylic acids is 1. The number of methoxy groups -OCH3 is 2. The minimum Gasteiger partial charge on any atom is -0.497 e. The van der Waals surface area contributed by atoms with Gasteiger partial charge in [0.2, 0.25) is 0 Å². The molecule has 0 atom stereocenters. The Morgan fingerprint density at radius 2 is 1.70 bits per heavy atom. The zero-order chi connectivity index (χ0) is 16.8. The first-order valence-electron chi connectivity index (χ1n) is 7.25. The van der Waals surface area contributed by atoms with Gasteiger partial charge in [0.05, 0.1) is 19.9 Å². The standard InChI is InChI=1S/C18H21NO4/c1-12-5-6-15(9-13(12)2)23-11-18(20)19-16-10-14(21-3)7-8-17(16)22-4/h5-10H,11H2,1-4H3,(H,19,20). The zero-order valence-electron chi connectivity index (χ0n) is 13.8. The van der Waals surface area contributed by atoms with Crippen molar-refractivity contribution in [3.8, 4) is 17.2 Å². The lowest BCUT2D eigenvalue weighted by Crippen LogP contribution is -2.20. The van der Waals surface area contributed by atoms with E-state index in [-0.39, 0.29) is 12.5 Å². The maximum atomic E-state index is 12.1. The molecule has 0 heterocycles. The molecule has 0 aliphatic heterocycles. The number of hydrogen-bond donors (Lipinski definition) is 1. The van der Waals surface area contributed by atoms with Crippen LogP contribution in [0.5, 0.6) is 17.2 Å². The van der Waals surface area contributed by atoms with Crippen molar-refractivity contribution < 1.29 is 19.0 Å². The van der Waals surface area contributed by atoms with Gasteiger partial charge in [-0.15, -0.1) is 0 Å². The third-order valence-corrected chi connectivity index (χ3v) is 3.53. The van der Waals surface area contributed by atoms with Gasteiger partial charge >= 0.3 is 0 Å². The lowest BCUT2D eigenvalue weighted by molar-refractivity contribution is -0.118. The van der Waals surface area contributed by atoms with Crippen molar-refractivity contribution in [1.29, 1.82) is 0 Å². The van der Waals surface area contributed by atoms with E-state index in [1.807, 2.05) is 32.0 Å². The van der Waals surface area contributed by atoms with Gasteiger partial charge < -0.3 is 19.5 Å². The number of aryl methyl sites for hydroxylation is 2. The fourth-order valence-electron chi connectivity index (χ4n) is 2.05. The predicted molar refractivity (Wildman–Crippen MR) is 89.6 cm³/mol. The van der Waals surface area contributed by atoms with Gasteiger partial charge in [-0.2, -0.15) is 0 Å². The summed E-state index contributed by atoms with van der Waals surface area (Å²) in [4.78, 5) is 12.1. The van der Waals surface area contributed by atoms with Crippen LogP contribution >= 0.6 is 0 Å². The SMILES string of the molecule is COc1ccc(OC)c(NC(=O)COc2ccc(C)c(C)c2)c1. The molecule has 0 aromatic heterocycles. The van der Waals surface area contributed by atoms with Gasteiger partial charge in [-0.3, -0.25) is 4.79 Å². The highest BCUT2D eigenvalue weighted by atomic mass is 16.5. The molecule has 0 aliphatic carbocycles. The van der Waals surface area contributed by atoms with Crippen LogP contribution in [0.15, 0.2) is 36.4 Å². The van der Waals surface area contributed by atoms with Crippen molar-refractivity contribution in [1.82, 2.24) is 0 Å². The van der Waals surface area contributed by atoms with Gasteiger partial charge in [-0.05, 0) is 49.2 Å². The van der Waals surface area contributed by atoms with E-state index in [9.17, 15) is 4.79 Å². The van der Waals surface area contributed by atoms with Crippen LogP contribution in [0.25, 0.3) is 0 Å². The first-order valence-corrected chi connectivity index (χ1v) is 7.25. The van der Waals surface area contributed by atoms with E-state index in [0.29, 0.717) is 22.9 Å². The largest absolute Gasteiger partial charge is 0.497 e. The second-order valence-electron chi connectivity index (χ2n) is 5.15. The van der Waals surface area contributed by atoms with Crippen LogP contribution in [0, 0.1) is 13.8 Å². The number of amides is 1. The van der Waals surface area contributed by atoms with Crippen LogP contribution in [-0.2, 0) is 4.79 Å². The normalized spacial score (nSPS) is 10.1. The molecule has 2 rings (SSSR count). The summed E-state index contributed by atoms with van der Waals surface area (Å²) in [5.74, 6) is 1.59. The summed E-state index contributed by atoms with van der Waals surface area (Å²) in [6.45, 7) is 3.95. The van der Waals surface area contributed by atoms with E-state index in [1.165, 1.54) is 5.56 Å². The molecule has 0 bridgehead atoms. The minimum absolute atomic E-state index is 0.0805. The molecule has 0 spiro atoms. The number of rotatable bonds is 6. The maximum Gasteiger partial charge on any atom is 0.262 e. The van der Waals surface area contributed by atoms with E-state index in [2.05, 4.69) is 5.32 Å². The number of hydrogen-bond acceptors (Lipinski definition) is 4. The lowest BCUT2D eigenvalue weighted by atomic mass is 10.1. The van der Waals surface area contributed by atoms with Crippen molar-refractivity contribution in [3.05, 3.63) is 47.5 Å². The van der Waals surface area contributed by atoms with Crippen LogP contribution < -0.4 is 19.5 Å². The minimum atomic E-state index is -0.269. The Labute approximate surface area is 136 Å². The Balaban J connectivity index is 2.00. The third-order valence-electron chi connectivity index (χ3n) is 3.53. The number of carbonyl (C=O) groups is 1. The fraction of sp³-hybridized carbons (Fsp3) is 0.278. The summed E-state index contributed by atoms with van der Waals surface area (Å²) in [5, 5.41) is 2.76. The first kappa shape index (κ1) is 16.7. The predicted octanol–water partition coefficient (Wildman–Crippen LogP) is 3.34. The first-order chi connectivity index (χ1) is 11.0. The Bertz CT molecular complexity index is 697. The number of ether oxygens (including phenoxy) is 3. The quantitative estimate of drug-likeness (QED) is 0.888. The molecule has 0 fully saturated rings. The van der Waals surface area contributed by atoms with Crippen molar-refractivity contribution in [3.63, 3.8) is 0 Å². The second kappa shape index (κ2) is 7.54. The molecule has 5 heteroatoms. The highest BCUT2D eigenvalue weighted by Gasteiger charge is 2.10. The van der Waals surface area contributed by atoms with E-state index in [0.717, 1.165) is 5.56 Å². The monoisotopic (exact) mass is 315 g/mol. The van der Waals surface area contributed by atoms with Crippen LogP contribution in [0.1, 0.15) is 11.1 Å². The molecule has 0 unspecified atom stereocenters. The Kier molecular flexibility index (Phi) is 5.46. The van der Waals surface area contributed by atoms with Gasteiger partial charge in [-0.25, -0.2) is 0 Å². The Hall–Kier alpha value is -2.69. The van der Waals surface area contributed by atoms with E-state index in [4.69, 9.17) is 14.2 Å². The Morgan fingerprint density at radius 1 is 0.957 bits per heavy atom. The molecule has 0 saturated heterocycles. The molecule has 2 aromatic carbocycles. The van der Waals surface area contributed by atoms with Crippen molar-refractivity contribution in [2.75, 3.05) is 26.1 Å². The van der Waals surface area contributed by atoms with Gasteiger partial charge in [0.25, 0.3) is 5.91 Å². The molecule has 2 aromatic rings. The highest BCUT2D eigenvalue weighted by Crippen LogP contribution is 2.28. The van der Waals surface area contributed by atoms with Crippen molar-refractivity contribution >= 4 is 11.6 Å². The summed E-state index contributed by atoms with van der Waals surface area (Å²) in [7, 11) is 3.11. The number of benzene rings is 2. The van der Waals surface area contributed by atoms with Gasteiger partial charge in [0.15, 0.2) is 6.61 Å². The molecule has 0 radical (unpaired) electrons. The number of anilines is 1. The molecular formula is C18H21NO4. The van der Waals surface area contributed by atoms with Gasteiger partial charge in [0.1, 0.15) is 17.2 Å². The van der Waals surface area contributed by atoms with Crippen molar-refractivity contribution in [2.24, 2.45) is 0 Å². The summed E-state index contributed by atoms with van der Waals surface area (Å²) in [5.41, 5.74) is 2.85. The lowest BCUT2D eigenvalue weighted by Gasteiger charge is -2.12. The molecule has 5 nitrogen and oxygen atoms in total.